The maximum absolute atomic E-state index is 13.1. The van der Waals surface area contributed by atoms with Gasteiger partial charge in [0.15, 0.2) is 28.8 Å². The fourth-order valence-electron chi connectivity index (χ4n) is 3.19. The quantitative estimate of drug-likeness (QED) is 0.262. The summed E-state index contributed by atoms with van der Waals surface area (Å²) in [4.78, 5) is 34.2. The van der Waals surface area contributed by atoms with Crippen molar-refractivity contribution < 1.29 is 45.4 Å². The topological polar surface area (TPSA) is 162 Å². The first-order chi connectivity index (χ1) is 15.9. The summed E-state index contributed by atoms with van der Waals surface area (Å²) in [5.41, 5.74) is 0.341. The van der Waals surface area contributed by atoms with Crippen molar-refractivity contribution in [1.82, 2.24) is 9.62 Å². The number of fused-ring (bicyclic) bond motifs is 1. The van der Waals surface area contributed by atoms with Gasteiger partial charge in [-0.05, 0) is 19.0 Å². The van der Waals surface area contributed by atoms with E-state index in [9.17, 15) is 31.2 Å². The van der Waals surface area contributed by atoms with Gasteiger partial charge >= 0.3 is 11.9 Å². The van der Waals surface area contributed by atoms with E-state index in [1.807, 2.05) is 6.92 Å². The summed E-state index contributed by atoms with van der Waals surface area (Å²) >= 11 is 0.593. The molecule has 0 spiro atoms. The van der Waals surface area contributed by atoms with Crippen LogP contribution in [0.4, 0.5) is 0 Å². The van der Waals surface area contributed by atoms with Crippen LogP contribution in [0.25, 0.3) is 0 Å². The number of carbonyl (C=O) groups excluding carboxylic acids is 3. The first-order valence-corrected chi connectivity index (χ1v) is 14.2. The molecule has 0 aromatic carbocycles. The van der Waals surface area contributed by atoms with Gasteiger partial charge in [0.25, 0.3) is 10.0 Å². The maximum atomic E-state index is 13.1. The fraction of sp³-hybridized carbons (Fsp3) is 0.632. The molecule has 0 bridgehead atoms. The summed E-state index contributed by atoms with van der Waals surface area (Å²) in [5, 5.41) is 3.17. The predicted molar refractivity (Wildman–Crippen MR) is 121 cm³/mol. The molecule has 34 heavy (non-hydrogen) atoms. The number of thiophene rings is 1. The number of methoxy groups -OCH3 is 1. The van der Waals surface area contributed by atoms with Crippen molar-refractivity contribution >= 4 is 48.9 Å². The Morgan fingerprint density at radius 2 is 1.94 bits per heavy atom. The van der Waals surface area contributed by atoms with E-state index in [0.29, 0.717) is 36.5 Å². The molecule has 12 nitrogen and oxygen atoms in total. The molecule has 1 N–H and O–H groups in total. The summed E-state index contributed by atoms with van der Waals surface area (Å²) in [7, 11) is -6.60. The van der Waals surface area contributed by atoms with Crippen LogP contribution >= 0.6 is 11.3 Å². The molecule has 15 heteroatoms. The van der Waals surface area contributed by atoms with Crippen LogP contribution < -0.4 is 5.32 Å². The molecule has 0 saturated carbocycles. The number of Topliss-reactive ketones (excluding diaryl/α,β-unsaturated/α-hetero) is 1. The molecule has 0 amide bonds. The highest BCUT2D eigenvalue weighted by Crippen LogP contribution is 2.40. The maximum Gasteiger partial charge on any atom is 0.344 e. The minimum atomic E-state index is -4.19. The molecule has 0 aliphatic carbocycles. The minimum Gasteiger partial charge on any atom is -0.455 e. The number of esters is 2. The molecule has 2 heterocycles. The number of ether oxygens (including phenoxy) is 3. The Bertz CT molecular complexity index is 1110. The second-order valence-electron chi connectivity index (χ2n) is 7.37. The van der Waals surface area contributed by atoms with E-state index in [-0.39, 0.29) is 21.5 Å². The second-order valence-corrected chi connectivity index (χ2v) is 12.8. The van der Waals surface area contributed by atoms with Gasteiger partial charge in [-0.3, -0.25) is 9.59 Å². The van der Waals surface area contributed by atoms with Crippen LogP contribution in [0.1, 0.15) is 31.9 Å². The monoisotopic (exact) mass is 540 g/mol. The molecule has 1 aromatic rings. The van der Waals surface area contributed by atoms with E-state index in [1.54, 1.807) is 0 Å². The van der Waals surface area contributed by atoms with Gasteiger partial charge in [0.05, 0.1) is 0 Å². The largest absolute Gasteiger partial charge is 0.455 e. The van der Waals surface area contributed by atoms with Gasteiger partial charge in [-0.25, -0.2) is 21.6 Å². The molecule has 1 aliphatic heterocycles. The van der Waals surface area contributed by atoms with Crippen LogP contribution in [0.15, 0.2) is 14.5 Å². The summed E-state index contributed by atoms with van der Waals surface area (Å²) < 4.78 is 66.8. The fourth-order valence-corrected chi connectivity index (χ4v) is 8.38. The van der Waals surface area contributed by atoms with Gasteiger partial charge in [0.2, 0.25) is 0 Å². The second kappa shape index (κ2) is 12.2. The standard InChI is InChI=1S/C19H28N2O10S3/c1-4-20-16-9-21(6-5-7-29-3)34(27,28)19-15(16)8-18(32-19)33(25,26)12-14(23)10-31-17(24)11-30-13(2)22/h8,16,20H,4-7,9-12H2,1-3H3/t16-/m0/s1. The Kier molecular flexibility index (Phi) is 10.1. The van der Waals surface area contributed by atoms with Gasteiger partial charge < -0.3 is 19.5 Å². The van der Waals surface area contributed by atoms with Crippen LogP contribution in [0, 0.1) is 0 Å². The number of nitrogens with one attached hydrogen (secondary N) is 1. The van der Waals surface area contributed by atoms with Crippen LogP contribution in [-0.4, -0.2) is 91.2 Å². The normalized spacial score (nSPS) is 17.7. The molecular formula is C19H28N2O10S3. The lowest BCUT2D eigenvalue weighted by Gasteiger charge is -2.32. The Labute approximate surface area is 202 Å². The van der Waals surface area contributed by atoms with Crippen molar-refractivity contribution in [3.05, 3.63) is 11.6 Å². The lowest BCUT2D eigenvalue weighted by Crippen LogP contribution is -2.43. The number of carbonyl (C=O) groups is 3. The van der Waals surface area contributed by atoms with Gasteiger partial charge in [-0.1, -0.05) is 6.92 Å². The van der Waals surface area contributed by atoms with E-state index >= 15 is 0 Å². The van der Waals surface area contributed by atoms with E-state index in [1.165, 1.54) is 17.5 Å². The summed E-state index contributed by atoms with van der Waals surface area (Å²) in [6, 6.07) is 0.872. The van der Waals surface area contributed by atoms with E-state index in [2.05, 4.69) is 14.8 Å². The Morgan fingerprint density at radius 1 is 1.24 bits per heavy atom. The number of sulfonamides is 1. The summed E-state index contributed by atoms with van der Waals surface area (Å²) in [6.45, 7) is 2.69. The van der Waals surface area contributed by atoms with Gasteiger partial charge in [0, 0.05) is 45.3 Å². The summed E-state index contributed by atoms with van der Waals surface area (Å²) in [6.07, 6.45) is 0.477. The average Bonchev–Trinajstić information content (AvgIpc) is 3.22. The molecule has 1 atom stereocenters. The third-order valence-electron chi connectivity index (χ3n) is 4.69. The molecule has 0 fully saturated rings. The van der Waals surface area contributed by atoms with Crippen molar-refractivity contribution in [2.24, 2.45) is 0 Å². The zero-order valence-electron chi connectivity index (χ0n) is 19.1. The van der Waals surface area contributed by atoms with Crippen LogP contribution in [0.5, 0.6) is 0 Å². The lowest BCUT2D eigenvalue weighted by molar-refractivity contribution is -0.158. The third kappa shape index (κ3) is 7.29. The third-order valence-corrected chi connectivity index (χ3v) is 10.5. The van der Waals surface area contributed by atoms with Crippen molar-refractivity contribution in [3.63, 3.8) is 0 Å². The zero-order chi connectivity index (χ0) is 25.5. The lowest BCUT2D eigenvalue weighted by atomic mass is 10.1. The average molecular weight is 541 g/mol. The Morgan fingerprint density at radius 3 is 2.56 bits per heavy atom. The van der Waals surface area contributed by atoms with E-state index in [0.717, 1.165) is 6.92 Å². The predicted octanol–water partition coefficient (Wildman–Crippen LogP) is -0.111. The van der Waals surface area contributed by atoms with Crippen molar-refractivity contribution in [2.75, 3.05) is 52.3 Å². The highest BCUT2D eigenvalue weighted by molar-refractivity contribution is 7.95. The highest BCUT2D eigenvalue weighted by atomic mass is 32.3. The smallest absolute Gasteiger partial charge is 0.344 e. The van der Waals surface area contributed by atoms with Crippen molar-refractivity contribution in [2.45, 2.75) is 34.7 Å². The first kappa shape index (κ1) is 28.3. The molecule has 1 aromatic heterocycles. The molecular weight excluding hydrogens is 512 g/mol. The summed E-state index contributed by atoms with van der Waals surface area (Å²) in [5.74, 6) is -3.59. The molecule has 0 saturated heterocycles. The number of hydrogen-bond donors (Lipinski definition) is 1. The molecule has 2 rings (SSSR count). The molecule has 192 valence electrons. The molecule has 0 radical (unpaired) electrons. The van der Waals surface area contributed by atoms with Crippen LogP contribution in [0.2, 0.25) is 0 Å². The van der Waals surface area contributed by atoms with Crippen LogP contribution in [0.3, 0.4) is 0 Å². The number of nitrogens with zero attached hydrogens (tertiary/aromatic N) is 1. The van der Waals surface area contributed by atoms with Crippen molar-refractivity contribution in [1.29, 1.82) is 0 Å². The molecule has 0 unspecified atom stereocenters. The minimum absolute atomic E-state index is 0.0825. The van der Waals surface area contributed by atoms with Gasteiger partial charge in [-0.15, -0.1) is 11.3 Å². The molecule has 1 aliphatic rings. The number of ketones is 1. The Hall–Kier alpha value is -1.91. The number of sulfone groups is 1. The number of rotatable bonds is 13. The Balaban J connectivity index is 2.19. The van der Waals surface area contributed by atoms with Gasteiger partial charge in [-0.2, -0.15) is 4.31 Å². The number of likely N-dealkylation sites (N-methyl/N-ethyl adjacent to an activating group) is 1. The number of hydrogen-bond acceptors (Lipinski definition) is 12. The first-order valence-electron chi connectivity index (χ1n) is 10.3. The van der Waals surface area contributed by atoms with Crippen LogP contribution in [-0.2, 0) is 48.5 Å². The van der Waals surface area contributed by atoms with Gasteiger partial charge in [0.1, 0.15) is 14.2 Å². The van der Waals surface area contributed by atoms with E-state index in [4.69, 9.17) is 4.74 Å². The van der Waals surface area contributed by atoms with Crippen molar-refractivity contribution in [3.8, 4) is 0 Å². The highest BCUT2D eigenvalue weighted by Gasteiger charge is 2.40. The SMILES string of the molecule is CCN[C@H]1CN(CCCOC)S(=O)(=O)c2sc(S(=O)(=O)CC(=O)COC(=O)COC(C)=O)cc21. The van der Waals surface area contributed by atoms with E-state index < -0.39 is 62.6 Å². The zero-order valence-corrected chi connectivity index (χ0v) is 21.5.